The number of nitrogens with zero attached hydrogens (tertiary/aromatic N) is 2. The van der Waals surface area contributed by atoms with E-state index in [-0.39, 0.29) is 11.8 Å². The van der Waals surface area contributed by atoms with Gasteiger partial charge in [-0.1, -0.05) is 6.92 Å². The first-order chi connectivity index (χ1) is 5.66. The monoisotopic (exact) mass is 166 g/mol. The van der Waals surface area contributed by atoms with Crippen LogP contribution in [0.1, 0.15) is 32.6 Å². The molecule has 66 valence electrons. The van der Waals surface area contributed by atoms with Crippen molar-refractivity contribution in [3.05, 3.63) is 18.2 Å². The zero-order valence-electron chi connectivity index (χ0n) is 7.74. The number of aromatic nitrogens is 2. The fraction of sp³-hybridized carbons (Fsp3) is 0.556. The zero-order valence-corrected chi connectivity index (χ0v) is 7.74. The fourth-order valence-electron chi connectivity index (χ4n) is 1.17. The third kappa shape index (κ3) is 1.55. The van der Waals surface area contributed by atoms with Crippen LogP contribution in [0.2, 0.25) is 0 Å². The molecule has 0 amide bonds. The normalized spacial score (nSPS) is 12.9. The zero-order chi connectivity index (χ0) is 9.14. The standard InChI is InChI=1S/C9H14N2O/c1-4-9-10-5-6-11(9)7(2)8(3)12/h5-7H,4H2,1-3H3. The minimum atomic E-state index is -0.0811. The van der Waals surface area contributed by atoms with Gasteiger partial charge in [0.25, 0.3) is 0 Å². The van der Waals surface area contributed by atoms with Crippen molar-refractivity contribution < 1.29 is 4.79 Å². The lowest BCUT2D eigenvalue weighted by Gasteiger charge is -2.11. The summed E-state index contributed by atoms with van der Waals surface area (Å²) in [6.07, 6.45) is 4.45. The molecule has 1 unspecified atom stereocenters. The molecule has 1 aromatic rings. The van der Waals surface area contributed by atoms with E-state index in [9.17, 15) is 4.79 Å². The Kier molecular flexibility index (Phi) is 2.63. The second-order valence-corrected chi connectivity index (χ2v) is 2.89. The molecular formula is C9H14N2O. The van der Waals surface area contributed by atoms with Crippen LogP contribution in [0.4, 0.5) is 0 Å². The van der Waals surface area contributed by atoms with E-state index < -0.39 is 0 Å². The maximum atomic E-state index is 11.1. The van der Waals surface area contributed by atoms with Crippen molar-refractivity contribution in [2.24, 2.45) is 0 Å². The van der Waals surface area contributed by atoms with Crippen molar-refractivity contribution in [3.8, 4) is 0 Å². The lowest BCUT2D eigenvalue weighted by molar-refractivity contribution is -0.119. The van der Waals surface area contributed by atoms with E-state index in [0.717, 1.165) is 12.2 Å². The van der Waals surface area contributed by atoms with Gasteiger partial charge in [-0.3, -0.25) is 4.79 Å². The highest BCUT2D eigenvalue weighted by atomic mass is 16.1. The van der Waals surface area contributed by atoms with E-state index in [1.54, 1.807) is 13.1 Å². The smallest absolute Gasteiger partial charge is 0.152 e. The summed E-state index contributed by atoms with van der Waals surface area (Å²) in [5.41, 5.74) is 0. The summed E-state index contributed by atoms with van der Waals surface area (Å²) in [5, 5.41) is 0. The van der Waals surface area contributed by atoms with Crippen LogP contribution in [0.3, 0.4) is 0 Å². The Morgan fingerprint density at radius 3 is 2.92 bits per heavy atom. The highest BCUT2D eigenvalue weighted by Crippen LogP contribution is 2.10. The maximum Gasteiger partial charge on any atom is 0.152 e. The first kappa shape index (κ1) is 8.97. The van der Waals surface area contributed by atoms with Gasteiger partial charge in [0.2, 0.25) is 0 Å². The molecule has 3 heteroatoms. The Balaban J connectivity index is 2.93. The van der Waals surface area contributed by atoms with E-state index in [1.165, 1.54) is 0 Å². The van der Waals surface area contributed by atoms with Crippen LogP contribution in [0, 0.1) is 0 Å². The van der Waals surface area contributed by atoms with E-state index in [4.69, 9.17) is 0 Å². The molecule has 0 aliphatic carbocycles. The molecule has 1 aromatic heterocycles. The van der Waals surface area contributed by atoms with Crippen molar-refractivity contribution in [2.45, 2.75) is 33.2 Å². The maximum absolute atomic E-state index is 11.1. The number of carbonyl (C=O) groups excluding carboxylic acids is 1. The van der Waals surface area contributed by atoms with Gasteiger partial charge in [-0.25, -0.2) is 4.98 Å². The molecule has 0 spiro atoms. The number of carbonyl (C=O) groups is 1. The molecule has 0 N–H and O–H groups in total. The number of aryl methyl sites for hydroxylation is 1. The number of imidazole rings is 1. The summed E-state index contributed by atoms with van der Waals surface area (Å²) in [7, 11) is 0. The van der Waals surface area contributed by atoms with Gasteiger partial charge in [-0.05, 0) is 13.8 Å². The minimum absolute atomic E-state index is 0.0811. The van der Waals surface area contributed by atoms with Crippen molar-refractivity contribution >= 4 is 5.78 Å². The molecule has 12 heavy (non-hydrogen) atoms. The van der Waals surface area contributed by atoms with Gasteiger partial charge in [-0.15, -0.1) is 0 Å². The highest BCUT2D eigenvalue weighted by molar-refractivity contribution is 5.79. The molecule has 0 aliphatic rings. The second kappa shape index (κ2) is 3.52. The van der Waals surface area contributed by atoms with Gasteiger partial charge in [0.05, 0.1) is 6.04 Å². The van der Waals surface area contributed by atoms with Crippen LogP contribution < -0.4 is 0 Å². The summed E-state index contributed by atoms with van der Waals surface area (Å²) >= 11 is 0. The number of ketones is 1. The third-order valence-electron chi connectivity index (χ3n) is 2.07. The minimum Gasteiger partial charge on any atom is -0.325 e. The van der Waals surface area contributed by atoms with E-state index >= 15 is 0 Å². The summed E-state index contributed by atoms with van der Waals surface area (Å²) in [5.74, 6) is 1.14. The number of rotatable bonds is 3. The van der Waals surface area contributed by atoms with Gasteiger partial charge in [0.15, 0.2) is 5.78 Å². The second-order valence-electron chi connectivity index (χ2n) is 2.89. The predicted octanol–water partition coefficient (Wildman–Crippen LogP) is 1.60. The average molecular weight is 166 g/mol. The van der Waals surface area contributed by atoms with Gasteiger partial charge in [-0.2, -0.15) is 0 Å². The van der Waals surface area contributed by atoms with Crippen LogP contribution in [-0.4, -0.2) is 15.3 Å². The van der Waals surface area contributed by atoms with E-state index in [1.807, 2.05) is 24.6 Å². The quantitative estimate of drug-likeness (QED) is 0.683. The van der Waals surface area contributed by atoms with Gasteiger partial charge in [0, 0.05) is 18.8 Å². The Morgan fingerprint density at radius 2 is 2.42 bits per heavy atom. The summed E-state index contributed by atoms with van der Waals surface area (Å²) in [4.78, 5) is 15.2. The summed E-state index contributed by atoms with van der Waals surface area (Å²) in [6.45, 7) is 5.53. The van der Waals surface area contributed by atoms with Gasteiger partial charge < -0.3 is 4.57 Å². The van der Waals surface area contributed by atoms with Crippen molar-refractivity contribution in [3.63, 3.8) is 0 Å². The largest absolute Gasteiger partial charge is 0.325 e. The van der Waals surface area contributed by atoms with E-state index in [0.29, 0.717) is 0 Å². The Hall–Kier alpha value is -1.12. The first-order valence-corrected chi connectivity index (χ1v) is 4.19. The molecule has 0 radical (unpaired) electrons. The molecule has 0 bridgehead atoms. The third-order valence-corrected chi connectivity index (χ3v) is 2.07. The number of hydrogen-bond acceptors (Lipinski definition) is 2. The first-order valence-electron chi connectivity index (χ1n) is 4.19. The average Bonchev–Trinajstić information content (AvgIpc) is 2.49. The van der Waals surface area contributed by atoms with Gasteiger partial charge >= 0.3 is 0 Å². The van der Waals surface area contributed by atoms with Crippen LogP contribution in [0.25, 0.3) is 0 Å². The van der Waals surface area contributed by atoms with Crippen molar-refractivity contribution in [1.29, 1.82) is 0 Å². The highest BCUT2D eigenvalue weighted by Gasteiger charge is 2.11. The molecule has 0 aliphatic heterocycles. The summed E-state index contributed by atoms with van der Waals surface area (Å²) < 4.78 is 1.92. The molecule has 0 fully saturated rings. The number of Topliss-reactive ketones (excluding diaryl/α,β-unsaturated/α-hetero) is 1. The summed E-state index contributed by atoms with van der Waals surface area (Å²) in [6, 6.07) is -0.0811. The van der Waals surface area contributed by atoms with Crippen molar-refractivity contribution in [1.82, 2.24) is 9.55 Å². The van der Waals surface area contributed by atoms with Crippen LogP contribution in [-0.2, 0) is 11.2 Å². The molecule has 1 atom stereocenters. The van der Waals surface area contributed by atoms with Gasteiger partial charge in [0.1, 0.15) is 5.82 Å². The molecule has 0 saturated carbocycles. The molecule has 1 rings (SSSR count). The van der Waals surface area contributed by atoms with Crippen molar-refractivity contribution in [2.75, 3.05) is 0 Å². The number of hydrogen-bond donors (Lipinski definition) is 0. The van der Waals surface area contributed by atoms with Crippen LogP contribution >= 0.6 is 0 Å². The topological polar surface area (TPSA) is 34.9 Å². The van der Waals surface area contributed by atoms with Crippen LogP contribution in [0.5, 0.6) is 0 Å². The fourth-order valence-corrected chi connectivity index (χ4v) is 1.17. The molecule has 0 saturated heterocycles. The molecule has 0 aromatic carbocycles. The lowest BCUT2D eigenvalue weighted by atomic mass is 10.2. The van der Waals surface area contributed by atoms with Crippen LogP contribution in [0.15, 0.2) is 12.4 Å². The molecular weight excluding hydrogens is 152 g/mol. The molecule has 3 nitrogen and oxygen atoms in total. The lowest BCUT2D eigenvalue weighted by Crippen LogP contribution is -2.14. The Bertz CT molecular complexity index is 278. The SMILES string of the molecule is CCc1nccn1C(C)C(C)=O. The predicted molar refractivity (Wildman–Crippen MR) is 47.0 cm³/mol. The Morgan fingerprint density at radius 1 is 1.75 bits per heavy atom. The Labute approximate surface area is 72.4 Å². The van der Waals surface area contributed by atoms with E-state index in [2.05, 4.69) is 4.98 Å². The molecule has 1 heterocycles.